The van der Waals surface area contributed by atoms with E-state index in [2.05, 4.69) is 10.1 Å². The molecular formula is C19H19F2NO5. The number of ether oxygens (including phenoxy) is 3. The topological polar surface area (TPSA) is 73.9 Å². The van der Waals surface area contributed by atoms with Crippen LogP contribution < -0.4 is 14.8 Å². The summed E-state index contributed by atoms with van der Waals surface area (Å²) in [5.74, 6) is -1.56. The molecule has 0 heterocycles. The molecule has 0 aromatic heterocycles. The fourth-order valence-electron chi connectivity index (χ4n) is 2.26. The van der Waals surface area contributed by atoms with Crippen LogP contribution >= 0.6 is 0 Å². The van der Waals surface area contributed by atoms with Crippen molar-refractivity contribution in [2.45, 2.75) is 20.5 Å². The average molecular weight is 379 g/mol. The number of nitrogens with one attached hydrogen (secondary N) is 1. The Morgan fingerprint density at radius 3 is 2.48 bits per heavy atom. The Kier molecular flexibility index (Phi) is 6.70. The molecule has 6 nitrogen and oxygen atoms in total. The van der Waals surface area contributed by atoms with Crippen LogP contribution in [0.15, 0.2) is 36.4 Å². The predicted octanol–water partition coefficient (Wildman–Crippen LogP) is 3.71. The Hall–Kier alpha value is -3.16. The van der Waals surface area contributed by atoms with E-state index in [4.69, 9.17) is 9.47 Å². The van der Waals surface area contributed by atoms with E-state index in [0.717, 1.165) is 17.2 Å². The second-order valence-corrected chi connectivity index (χ2v) is 5.69. The summed E-state index contributed by atoms with van der Waals surface area (Å²) in [6.07, 6.45) is 0. The van der Waals surface area contributed by atoms with Gasteiger partial charge in [0.05, 0.1) is 12.7 Å². The number of rotatable bonds is 7. The van der Waals surface area contributed by atoms with E-state index in [0.29, 0.717) is 5.69 Å². The summed E-state index contributed by atoms with van der Waals surface area (Å²) in [6.45, 7) is 0.217. The van der Waals surface area contributed by atoms with Crippen molar-refractivity contribution < 1.29 is 32.6 Å². The molecule has 0 atom stereocenters. The van der Waals surface area contributed by atoms with Crippen LogP contribution in [0.1, 0.15) is 21.5 Å². The van der Waals surface area contributed by atoms with Gasteiger partial charge in [0.1, 0.15) is 0 Å². The van der Waals surface area contributed by atoms with Gasteiger partial charge < -0.3 is 19.5 Å². The maximum atomic E-state index is 12.3. The molecule has 1 amide bonds. The minimum atomic E-state index is -3.02. The molecule has 0 aliphatic carbocycles. The van der Waals surface area contributed by atoms with Crippen LogP contribution in [0, 0.1) is 13.8 Å². The van der Waals surface area contributed by atoms with Crippen molar-refractivity contribution in [3.63, 3.8) is 0 Å². The molecular weight excluding hydrogens is 360 g/mol. The minimum Gasteiger partial charge on any atom is -0.493 e. The van der Waals surface area contributed by atoms with Gasteiger partial charge in [0.2, 0.25) is 0 Å². The number of carbonyl (C=O) groups is 2. The van der Waals surface area contributed by atoms with Gasteiger partial charge in [-0.05, 0) is 49.2 Å². The predicted molar refractivity (Wildman–Crippen MR) is 94.5 cm³/mol. The van der Waals surface area contributed by atoms with E-state index in [1.54, 1.807) is 0 Å². The lowest BCUT2D eigenvalue weighted by atomic mass is 10.1. The first-order valence-corrected chi connectivity index (χ1v) is 7.97. The molecule has 2 aromatic rings. The number of halogens is 2. The van der Waals surface area contributed by atoms with E-state index >= 15 is 0 Å². The van der Waals surface area contributed by atoms with Crippen LogP contribution in [0.3, 0.4) is 0 Å². The van der Waals surface area contributed by atoms with Gasteiger partial charge in [0.25, 0.3) is 5.91 Å². The Labute approximate surface area is 155 Å². The van der Waals surface area contributed by atoms with Crippen molar-refractivity contribution in [2.75, 3.05) is 19.0 Å². The second kappa shape index (κ2) is 8.98. The Balaban J connectivity index is 1.98. The van der Waals surface area contributed by atoms with Gasteiger partial charge in [0, 0.05) is 5.69 Å². The number of methoxy groups -OCH3 is 1. The Morgan fingerprint density at radius 2 is 1.81 bits per heavy atom. The lowest BCUT2D eigenvalue weighted by Crippen LogP contribution is -2.21. The standard InChI is InChI=1S/C19H19F2NO5/c1-11-4-5-12(2)14(8-11)22-17(23)10-26-18(24)13-6-7-15(27-19(20)21)16(9-13)25-3/h4-9,19H,10H2,1-3H3,(H,22,23). The van der Waals surface area contributed by atoms with E-state index < -0.39 is 25.1 Å². The molecule has 0 aliphatic rings. The Morgan fingerprint density at radius 1 is 1.07 bits per heavy atom. The van der Waals surface area contributed by atoms with Crippen molar-refractivity contribution in [1.29, 1.82) is 0 Å². The summed E-state index contributed by atoms with van der Waals surface area (Å²) in [5, 5.41) is 2.67. The number of alkyl halides is 2. The molecule has 2 rings (SSSR count). The van der Waals surface area contributed by atoms with Crippen LogP contribution in [0.2, 0.25) is 0 Å². The summed E-state index contributed by atoms with van der Waals surface area (Å²) >= 11 is 0. The van der Waals surface area contributed by atoms with Gasteiger partial charge >= 0.3 is 12.6 Å². The normalized spacial score (nSPS) is 10.4. The molecule has 2 aromatic carbocycles. The zero-order chi connectivity index (χ0) is 20.0. The number of esters is 1. The van der Waals surface area contributed by atoms with Crippen molar-refractivity contribution >= 4 is 17.6 Å². The second-order valence-electron chi connectivity index (χ2n) is 5.69. The van der Waals surface area contributed by atoms with E-state index in [1.165, 1.54) is 19.2 Å². The van der Waals surface area contributed by atoms with E-state index in [-0.39, 0.29) is 17.1 Å². The SMILES string of the molecule is COc1cc(C(=O)OCC(=O)Nc2cc(C)ccc2C)ccc1OC(F)F. The van der Waals surface area contributed by atoms with E-state index in [1.807, 2.05) is 32.0 Å². The van der Waals surface area contributed by atoms with Crippen molar-refractivity contribution in [1.82, 2.24) is 0 Å². The lowest BCUT2D eigenvalue weighted by Gasteiger charge is -2.12. The molecule has 0 aliphatic heterocycles. The maximum absolute atomic E-state index is 12.3. The van der Waals surface area contributed by atoms with Crippen molar-refractivity contribution in [3.05, 3.63) is 53.1 Å². The number of hydrogen-bond donors (Lipinski definition) is 1. The lowest BCUT2D eigenvalue weighted by molar-refractivity contribution is -0.119. The van der Waals surface area contributed by atoms with Gasteiger partial charge in [-0.2, -0.15) is 8.78 Å². The van der Waals surface area contributed by atoms with Gasteiger partial charge in [0.15, 0.2) is 18.1 Å². The average Bonchev–Trinajstić information content (AvgIpc) is 2.62. The van der Waals surface area contributed by atoms with Crippen molar-refractivity contribution in [3.8, 4) is 11.5 Å². The molecule has 0 unspecified atom stereocenters. The molecule has 1 N–H and O–H groups in total. The molecule has 0 radical (unpaired) electrons. The van der Waals surface area contributed by atoms with Gasteiger partial charge in [-0.3, -0.25) is 4.79 Å². The Bertz CT molecular complexity index is 839. The highest BCUT2D eigenvalue weighted by Crippen LogP contribution is 2.29. The summed E-state index contributed by atoms with van der Waals surface area (Å²) in [4.78, 5) is 24.1. The molecule has 8 heteroatoms. The summed E-state index contributed by atoms with van der Waals surface area (Å²) in [5.41, 5.74) is 2.52. The van der Waals surface area contributed by atoms with E-state index in [9.17, 15) is 18.4 Å². The zero-order valence-corrected chi connectivity index (χ0v) is 15.0. The number of carbonyl (C=O) groups excluding carboxylic acids is 2. The first-order valence-electron chi connectivity index (χ1n) is 7.97. The van der Waals surface area contributed by atoms with Crippen LogP contribution in [0.5, 0.6) is 11.5 Å². The van der Waals surface area contributed by atoms with Crippen LogP contribution in [-0.2, 0) is 9.53 Å². The van der Waals surface area contributed by atoms with Crippen LogP contribution in [0.4, 0.5) is 14.5 Å². The third kappa shape index (κ3) is 5.67. The first-order chi connectivity index (χ1) is 12.8. The van der Waals surface area contributed by atoms with Crippen LogP contribution in [0.25, 0.3) is 0 Å². The summed E-state index contributed by atoms with van der Waals surface area (Å²) < 4.78 is 38.8. The fraction of sp³-hybridized carbons (Fsp3) is 0.263. The van der Waals surface area contributed by atoms with Crippen LogP contribution in [-0.4, -0.2) is 32.2 Å². The highest BCUT2D eigenvalue weighted by Gasteiger charge is 2.16. The highest BCUT2D eigenvalue weighted by molar-refractivity contribution is 5.96. The number of amides is 1. The summed E-state index contributed by atoms with van der Waals surface area (Å²) in [7, 11) is 1.25. The van der Waals surface area contributed by atoms with Gasteiger partial charge in [-0.1, -0.05) is 12.1 Å². The summed E-state index contributed by atoms with van der Waals surface area (Å²) in [6, 6.07) is 9.19. The molecule has 0 bridgehead atoms. The molecule has 0 spiro atoms. The highest BCUT2D eigenvalue weighted by atomic mass is 19.3. The first kappa shape index (κ1) is 20.2. The third-order valence-corrected chi connectivity index (χ3v) is 3.62. The largest absolute Gasteiger partial charge is 0.493 e. The minimum absolute atomic E-state index is 0.0352. The maximum Gasteiger partial charge on any atom is 0.387 e. The molecule has 27 heavy (non-hydrogen) atoms. The zero-order valence-electron chi connectivity index (χ0n) is 15.0. The molecule has 0 saturated carbocycles. The van der Waals surface area contributed by atoms with Gasteiger partial charge in [-0.25, -0.2) is 4.79 Å². The number of aryl methyl sites for hydroxylation is 2. The fourth-order valence-corrected chi connectivity index (χ4v) is 2.26. The third-order valence-electron chi connectivity index (χ3n) is 3.62. The molecule has 144 valence electrons. The van der Waals surface area contributed by atoms with Gasteiger partial charge in [-0.15, -0.1) is 0 Å². The monoisotopic (exact) mass is 379 g/mol. The number of benzene rings is 2. The quantitative estimate of drug-likeness (QED) is 0.743. The van der Waals surface area contributed by atoms with Crippen molar-refractivity contribution in [2.24, 2.45) is 0 Å². The smallest absolute Gasteiger partial charge is 0.387 e. The number of hydrogen-bond acceptors (Lipinski definition) is 5. The molecule has 0 saturated heterocycles. The number of anilines is 1. The molecule has 0 fully saturated rings.